The highest BCUT2D eigenvalue weighted by molar-refractivity contribution is 6.30. The first-order valence-corrected chi connectivity index (χ1v) is 5.47. The van der Waals surface area contributed by atoms with Gasteiger partial charge in [-0.05, 0) is 31.7 Å². The van der Waals surface area contributed by atoms with Crippen LogP contribution in [0.25, 0.3) is 5.69 Å². The predicted molar refractivity (Wildman–Crippen MR) is 63.9 cm³/mol. The number of hydrogen-bond acceptors (Lipinski definition) is 3. The third-order valence-electron chi connectivity index (χ3n) is 2.42. The Balaban J connectivity index is 2.41. The third kappa shape index (κ3) is 2.08. The van der Waals surface area contributed by atoms with Gasteiger partial charge in [-0.3, -0.25) is 0 Å². The zero-order valence-electron chi connectivity index (χ0n) is 9.02. The SMILES string of the molecule is Cc1c(CCN)nnn1-c1cccc(Cl)c1. The lowest BCUT2D eigenvalue weighted by Crippen LogP contribution is -2.05. The molecule has 0 saturated heterocycles. The summed E-state index contributed by atoms with van der Waals surface area (Å²) in [5.41, 5.74) is 8.36. The average Bonchev–Trinajstić information content (AvgIpc) is 2.61. The van der Waals surface area contributed by atoms with Crippen molar-refractivity contribution in [2.75, 3.05) is 6.54 Å². The van der Waals surface area contributed by atoms with Crippen LogP contribution in [0.1, 0.15) is 11.4 Å². The van der Waals surface area contributed by atoms with E-state index in [9.17, 15) is 0 Å². The van der Waals surface area contributed by atoms with Gasteiger partial charge in [-0.25, -0.2) is 4.68 Å². The Kier molecular flexibility index (Phi) is 3.22. The molecule has 0 saturated carbocycles. The summed E-state index contributed by atoms with van der Waals surface area (Å²) in [4.78, 5) is 0. The predicted octanol–water partition coefficient (Wildman–Crippen LogP) is 1.73. The van der Waals surface area contributed by atoms with Gasteiger partial charge in [0.2, 0.25) is 0 Å². The van der Waals surface area contributed by atoms with Crippen LogP contribution in [0.15, 0.2) is 24.3 Å². The number of halogens is 1. The van der Waals surface area contributed by atoms with Crippen molar-refractivity contribution in [3.05, 3.63) is 40.7 Å². The van der Waals surface area contributed by atoms with Crippen molar-refractivity contribution in [1.29, 1.82) is 0 Å². The van der Waals surface area contributed by atoms with E-state index in [1.165, 1.54) is 0 Å². The first-order valence-electron chi connectivity index (χ1n) is 5.09. The smallest absolute Gasteiger partial charge is 0.0873 e. The van der Waals surface area contributed by atoms with Crippen LogP contribution in [-0.2, 0) is 6.42 Å². The minimum absolute atomic E-state index is 0.578. The van der Waals surface area contributed by atoms with Gasteiger partial charge in [-0.1, -0.05) is 22.9 Å². The zero-order valence-corrected chi connectivity index (χ0v) is 9.78. The van der Waals surface area contributed by atoms with Crippen LogP contribution in [0.5, 0.6) is 0 Å². The summed E-state index contributed by atoms with van der Waals surface area (Å²) < 4.78 is 1.77. The Hall–Kier alpha value is -1.39. The highest BCUT2D eigenvalue weighted by Gasteiger charge is 2.09. The molecule has 2 N–H and O–H groups in total. The summed E-state index contributed by atoms with van der Waals surface area (Å²) in [6.45, 7) is 2.56. The summed E-state index contributed by atoms with van der Waals surface area (Å²) in [7, 11) is 0. The van der Waals surface area contributed by atoms with Crippen LogP contribution in [0.3, 0.4) is 0 Å². The van der Waals surface area contributed by atoms with Gasteiger partial charge in [0.05, 0.1) is 17.1 Å². The monoisotopic (exact) mass is 236 g/mol. The van der Waals surface area contributed by atoms with E-state index in [-0.39, 0.29) is 0 Å². The molecule has 16 heavy (non-hydrogen) atoms. The van der Waals surface area contributed by atoms with Gasteiger partial charge in [0.25, 0.3) is 0 Å². The van der Waals surface area contributed by atoms with Crippen LogP contribution in [0.2, 0.25) is 5.02 Å². The van der Waals surface area contributed by atoms with Crippen molar-refractivity contribution in [3.63, 3.8) is 0 Å². The lowest BCUT2D eigenvalue weighted by atomic mass is 10.2. The second-order valence-electron chi connectivity index (χ2n) is 3.55. The van der Waals surface area contributed by atoms with Crippen LogP contribution < -0.4 is 5.73 Å². The number of hydrogen-bond donors (Lipinski definition) is 1. The van der Waals surface area contributed by atoms with E-state index in [1.54, 1.807) is 4.68 Å². The first kappa shape index (κ1) is 11.1. The quantitative estimate of drug-likeness (QED) is 0.883. The van der Waals surface area contributed by atoms with Crippen molar-refractivity contribution in [2.24, 2.45) is 5.73 Å². The van der Waals surface area contributed by atoms with E-state index in [0.29, 0.717) is 11.6 Å². The first-order chi connectivity index (χ1) is 7.72. The minimum atomic E-state index is 0.578. The average molecular weight is 237 g/mol. The van der Waals surface area contributed by atoms with E-state index in [2.05, 4.69) is 10.3 Å². The highest BCUT2D eigenvalue weighted by atomic mass is 35.5. The number of aromatic nitrogens is 3. The molecule has 1 heterocycles. The Morgan fingerprint density at radius 2 is 2.25 bits per heavy atom. The zero-order chi connectivity index (χ0) is 11.5. The van der Waals surface area contributed by atoms with Gasteiger partial charge in [0.1, 0.15) is 0 Å². The maximum atomic E-state index is 5.93. The van der Waals surface area contributed by atoms with Crippen LogP contribution in [-0.4, -0.2) is 21.5 Å². The Morgan fingerprint density at radius 3 is 2.94 bits per heavy atom. The van der Waals surface area contributed by atoms with Crippen molar-refractivity contribution >= 4 is 11.6 Å². The van der Waals surface area contributed by atoms with Gasteiger partial charge in [0, 0.05) is 11.4 Å². The highest BCUT2D eigenvalue weighted by Crippen LogP contribution is 2.16. The molecule has 0 fully saturated rings. The fourth-order valence-electron chi connectivity index (χ4n) is 1.58. The van der Waals surface area contributed by atoms with Gasteiger partial charge in [-0.15, -0.1) is 5.10 Å². The molecule has 84 valence electrons. The van der Waals surface area contributed by atoms with Crippen LogP contribution >= 0.6 is 11.6 Å². The fourth-order valence-corrected chi connectivity index (χ4v) is 1.77. The van der Waals surface area contributed by atoms with E-state index in [1.807, 2.05) is 31.2 Å². The molecule has 2 aromatic rings. The van der Waals surface area contributed by atoms with E-state index < -0.39 is 0 Å². The van der Waals surface area contributed by atoms with E-state index >= 15 is 0 Å². The molecule has 0 aliphatic rings. The number of rotatable bonds is 3. The molecular weight excluding hydrogens is 224 g/mol. The van der Waals surface area contributed by atoms with Crippen LogP contribution in [0, 0.1) is 6.92 Å². The maximum Gasteiger partial charge on any atom is 0.0873 e. The van der Waals surface area contributed by atoms with Gasteiger partial charge < -0.3 is 5.73 Å². The second-order valence-corrected chi connectivity index (χ2v) is 3.99. The second kappa shape index (κ2) is 4.63. The minimum Gasteiger partial charge on any atom is -0.330 e. The molecule has 1 aromatic carbocycles. The van der Waals surface area contributed by atoms with Crippen LogP contribution in [0.4, 0.5) is 0 Å². The third-order valence-corrected chi connectivity index (χ3v) is 2.66. The Morgan fingerprint density at radius 1 is 1.44 bits per heavy atom. The normalized spacial score (nSPS) is 10.7. The molecule has 4 nitrogen and oxygen atoms in total. The molecule has 2 rings (SSSR count). The summed E-state index contributed by atoms with van der Waals surface area (Å²) in [5.74, 6) is 0. The van der Waals surface area contributed by atoms with E-state index in [0.717, 1.165) is 23.5 Å². The van der Waals surface area contributed by atoms with Crippen molar-refractivity contribution in [3.8, 4) is 5.69 Å². The molecule has 0 amide bonds. The van der Waals surface area contributed by atoms with Crippen molar-refractivity contribution in [2.45, 2.75) is 13.3 Å². The van der Waals surface area contributed by atoms with Gasteiger partial charge in [0.15, 0.2) is 0 Å². The standard InChI is InChI=1S/C11H13ClN4/c1-8-11(5-6-13)14-15-16(8)10-4-2-3-9(12)7-10/h2-4,7H,5-6,13H2,1H3. The summed E-state index contributed by atoms with van der Waals surface area (Å²) in [6, 6.07) is 7.52. The van der Waals surface area contributed by atoms with Crippen molar-refractivity contribution in [1.82, 2.24) is 15.0 Å². The molecular formula is C11H13ClN4. The summed E-state index contributed by atoms with van der Waals surface area (Å²) in [6.07, 6.45) is 0.742. The molecule has 5 heteroatoms. The molecule has 0 atom stereocenters. The summed E-state index contributed by atoms with van der Waals surface area (Å²) >= 11 is 5.93. The lowest BCUT2D eigenvalue weighted by Gasteiger charge is -2.03. The number of nitrogens with zero attached hydrogens (tertiary/aromatic N) is 3. The van der Waals surface area contributed by atoms with E-state index in [4.69, 9.17) is 17.3 Å². The fraction of sp³-hybridized carbons (Fsp3) is 0.273. The van der Waals surface area contributed by atoms with Crippen molar-refractivity contribution < 1.29 is 0 Å². The Bertz CT molecular complexity index is 492. The molecule has 1 aromatic heterocycles. The summed E-state index contributed by atoms with van der Waals surface area (Å²) in [5, 5.41) is 8.89. The molecule has 0 spiro atoms. The molecule has 0 bridgehead atoms. The number of nitrogens with two attached hydrogens (primary N) is 1. The molecule has 0 aliphatic carbocycles. The topological polar surface area (TPSA) is 56.7 Å². The van der Waals surface area contributed by atoms with Gasteiger partial charge >= 0.3 is 0 Å². The van der Waals surface area contributed by atoms with Gasteiger partial charge in [-0.2, -0.15) is 0 Å². The molecule has 0 radical (unpaired) electrons. The molecule has 0 unspecified atom stereocenters. The Labute approximate surface area is 99.0 Å². The largest absolute Gasteiger partial charge is 0.330 e. The molecule has 0 aliphatic heterocycles. The lowest BCUT2D eigenvalue weighted by molar-refractivity contribution is 0.782. The number of benzene rings is 1. The maximum absolute atomic E-state index is 5.93.